The molecule has 0 aliphatic carbocycles. The van der Waals surface area contributed by atoms with Gasteiger partial charge in [0.15, 0.2) is 0 Å². The summed E-state index contributed by atoms with van der Waals surface area (Å²) in [6.07, 6.45) is 0. The van der Waals surface area contributed by atoms with Gasteiger partial charge in [-0.25, -0.2) is 0 Å². The number of rotatable bonds is 1. The molecule has 0 unspecified atom stereocenters. The summed E-state index contributed by atoms with van der Waals surface area (Å²) in [7, 11) is 0. The second-order valence-electron chi connectivity index (χ2n) is 5.44. The lowest BCUT2D eigenvalue weighted by Gasteiger charge is -2.20. The molecule has 1 rings (SSSR count). The molecule has 1 aromatic rings. The van der Waals surface area contributed by atoms with E-state index in [1.165, 1.54) is 0 Å². The molecule has 0 amide bonds. The zero-order valence-electron chi connectivity index (χ0n) is 11.2. The van der Waals surface area contributed by atoms with E-state index in [0.717, 1.165) is 11.7 Å². The molecule has 92 valence electrons. The Morgan fingerprint density at radius 2 is 1.38 bits per heavy atom. The first kappa shape index (κ1) is 14.8. The number of phenolic OH excluding ortho intramolecular Hbond substituents is 1. The van der Waals surface area contributed by atoms with Crippen LogP contribution in [0.15, 0.2) is 24.3 Å². The van der Waals surface area contributed by atoms with E-state index in [1.807, 2.05) is 20.8 Å². The lowest BCUT2D eigenvalue weighted by Crippen LogP contribution is -2.22. The van der Waals surface area contributed by atoms with Crippen LogP contribution in [0.2, 0.25) is 0 Å². The maximum Gasteiger partial charge on any atom is 0.120 e. The largest absolute Gasteiger partial charge is 0.508 e. The van der Waals surface area contributed by atoms with Crippen LogP contribution in [0.25, 0.3) is 0 Å². The highest BCUT2D eigenvalue weighted by Gasteiger charge is 2.10. The van der Waals surface area contributed by atoms with E-state index < -0.39 is 0 Å². The Morgan fingerprint density at radius 1 is 1.00 bits per heavy atom. The SMILES string of the molecule is CC(C)(C)Oc1ccc(O)cc1.CC(C)C. The molecule has 1 aromatic carbocycles. The van der Waals surface area contributed by atoms with Gasteiger partial charge in [0.05, 0.1) is 0 Å². The molecule has 0 aliphatic rings. The molecule has 0 fully saturated rings. The molecule has 0 aromatic heterocycles. The molecule has 0 aliphatic heterocycles. The first-order valence-corrected chi connectivity index (χ1v) is 5.69. The third-order valence-corrected chi connectivity index (χ3v) is 1.26. The third-order valence-electron chi connectivity index (χ3n) is 1.26. The number of hydrogen-bond acceptors (Lipinski definition) is 2. The molecule has 0 radical (unpaired) electrons. The Hall–Kier alpha value is -1.18. The van der Waals surface area contributed by atoms with Crippen LogP contribution < -0.4 is 4.74 Å². The molecule has 0 heterocycles. The molecule has 0 saturated heterocycles. The summed E-state index contributed by atoms with van der Waals surface area (Å²) >= 11 is 0. The van der Waals surface area contributed by atoms with Crippen LogP contribution in [0.4, 0.5) is 0 Å². The average Bonchev–Trinajstić information content (AvgIpc) is 2.05. The first-order valence-electron chi connectivity index (χ1n) is 5.69. The van der Waals surface area contributed by atoms with Crippen molar-refractivity contribution >= 4 is 0 Å². The standard InChI is InChI=1S/C10H14O2.C4H10/c1-10(2,3)12-9-6-4-8(11)5-7-9;1-4(2)3/h4-7,11H,1-3H3;4H,1-3H3. The molecule has 0 atom stereocenters. The minimum Gasteiger partial charge on any atom is -0.508 e. The normalized spacial score (nSPS) is 10.7. The lowest BCUT2D eigenvalue weighted by molar-refractivity contribution is 0.131. The Kier molecular flexibility index (Phi) is 5.94. The summed E-state index contributed by atoms with van der Waals surface area (Å²) < 4.78 is 5.55. The molecule has 2 heteroatoms. The van der Waals surface area contributed by atoms with Crippen molar-refractivity contribution in [2.24, 2.45) is 5.92 Å². The zero-order chi connectivity index (χ0) is 12.8. The van der Waals surface area contributed by atoms with E-state index >= 15 is 0 Å². The highest BCUT2D eigenvalue weighted by Crippen LogP contribution is 2.20. The van der Waals surface area contributed by atoms with Crippen molar-refractivity contribution in [2.75, 3.05) is 0 Å². The smallest absolute Gasteiger partial charge is 0.120 e. The number of aromatic hydroxyl groups is 1. The van der Waals surface area contributed by atoms with Gasteiger partial charge in [-0.1, -0.05) is 20.8 Å². The van der Waals surface area contributed by atoms with Crippen LogP contribution in [0, 0.1) is 5.92 Å². The molecule has 2 nitrogen and oxygen atoms in total. The quantitative estimate of drug-likeness (QED) is 0.773. The molecule has 0 spiro atoms. The van der Waals surface area contributed by atoms with Gasteiger partial charge >= 0.3 is 0 Å². The Labute approximate surface area is 99.3 Å². The van der Waals surface area contributed by atoms with E-state index in [2.05, 4.69) is 20.8 Å². The first-order chi connectivity index (χ1) is 7.20. The minimum atomic E-state index is -0.184. The maximum atomic E-state index is 9.00. The van der Waals surface area contributed by atoms with Crippen molar-refractivity contribution < 1.29 is 9.84 Å². The van der Waals surface area contributed by atoms with Crippen LogP contribution in [0.3, 0.4) is 0 Å². The molecular formula is C14H24O2. The average molecular weight is 224 g/mol. The number of benzene rings is 1. The van der Waals surface area contributed by atoms with Gasteiger partial charge in [0.1, 0.15) is 17.1 Å². The molecule has 0 saturated carbocycles. The predicted molar refractivity (Wildman–Crippen MR) is 69.0 cm³/mol. The topological polar surface area (TPSA) is 29.5 Å². The molecule has 16 heavy (non-hydrogen) atoms. The summed E-state index contributed by atoms with van der Waals surface area (Å²) in [5, 5.41) is 9.00. The van der Waals surface area contributed by atoms with Crippen molar-refractivity contribution in [2.45, 2.75) is 47.1 Å². The van der Waals surface area contributed by atoms with Crippen LogP contribution in [0.1, 0.15) is 41.5 Å². The minimum absolute atomic E-state index is 0.184. The van der Waals surface area contributed by atoms with Gasteiger partial charge in [0.25, 0.3) is 0 Å². The second kappa shape index (κ2) is 6.41. The van der Waals surface area contributed by atoms with Gasteiger partial charge in [-0.15, -0.1) is 0 Å². The second-order valence-corrected chi connectivity index (χ2v) is 5.44. The third kappa shape index (κ3) is 9.38. The zero-order valence-corrected chi connectivity index (χ0v) is 11.2. The molecule has 1 N–H and O–H groups in total. The number of ether oxygens (including phenoxy) is 1. The summed E-state index contributed by atoms with van der Waals surface area (Å²) in [4.78, 5) is 0. The Morgan fingerprint density at radius 3 is 1.69 bits per heavy atom. The predicted octanol–water partition coefficient (Wildman–Crippen LogP) is 4.23. The van der Waals surface area contributed by atoms with Crippen LogP contribution in [-0.2, 0) is 0 Å². The van der Waals surface area contributed by atoms with Gasteiger partial charge in [0.2, 0.25) is 0 Å². The number of phenols is 1. The van der Waals surface area contributed by atoms with E-state index in [-0.39, 0.29) is 11.4 Å². The molecule has 0 bridgehead atoms. The summed E-state index contributed by atoms with van der Waals surface area (Å²) in [5.41, 5.74) is -0.184. The highest BCUT2D eigenvalue weighted by molar-refractivity contribution is 5.30. The van der Waals surface area contributed by atoms with Gasteiger partial charge in [-0.2, -0.15) is 0 Å². The van der Waals surface area contributed by atoms with Crippen molar-refractivity contribution in [3.05, 3.63) is 24.3 Å². The fourth-order valence-electron chi connectivity index (χ4n) is 0.868. The van der Waals surface area contributed by atoms with E-state index in [4.69, 9.17) is 9.84 Å². The maximum absolute atomic E-state index is 9.00. The molecular weight excluding hydrogens is 200 g/mol. The fourth-order valence-corrected chi connectivity index (χ4v) is 0.868. The van der Waals surface area contributed by atoms with E-state index in [9.17, 15) is 0 Å². The lowest BCUT2D eigenvalue weighted by atomic mass is 10.2. The van der Waals surface area contributed by atoms with Gasteiger partial charge in [-0.3, -0.25) is 0 Å². The van der Waals surface area contributed by atoms with Crippen molar-refractivity contribution in [3.8, 4) is 11.5 Å². The van der Waals surface area contributed by atoms with E-state index in [0.29, 0.717) is 0 Å². The van der Waals surface area contributed by atoms with Crippen molar-refractivity contribution in [1.29, 1.82) is 0 Å². The van der Waals surface area contributed by atoms with Crippen LogP contribution >= 0.6 is 0 Å². The summed E-state index contributed by atoms with van der Waals surface area (Å²) in [6.45, 7) is 12.5. The van der Waals surface area contributed by atoms with E-state index in [1.54, 1.807) is 24.3 Å². The van der Waals surface area contributed by atoms with Crippen molar-refractivity contribution in [3.63, 3.8) is 0 Å². The Bertz CT molecular complexity index is 278. The van der Waals surface area contributed by atoms with Gasteiger partial charge in [0, 0.05) is 0 Å². The summed E-state index contributed by atoms with van der Waals surface area (Å²) in [5.74, 6) is 1.87. The number of hydrogen-bond donors (Lipinski definition) is 1. The van der Waals surface area contributed by atoms with Crippen LogP contribution in [-0.4, -0.2) is 10.7 Å². The summed E-state index contributed by atoms with van der Waals surface area (Å²) in [6, 6.07) is 6.73. The van der Waals surface area contributed by atoms with Crippen LogP contribution in [0.5, 0.6) is 11.5 Å². The monoisotopic (exact) mass is 224 g/mol. The van der Waals surface area contributed by atoms with Gasteiger partial charge < -0.3 is 9.84 Å². The fraction of sp³-hybridized carbons (Fsp3) is 0.571. The van der Waals surface area contributed by atoms with Crippen molar-refractivity contribution in [1.82, 2.24) is 0 Å². The Balaban J connectivity index is 0.000000487. The highest BCUT2D eigenvalue weighted by atomic mass is 16.5. The van der Waals surface area contributed by atoms with Gasteiger partial charge in [-0.05, 0) is 51.0 Å².